The minimum absolute atomic E-state index is 0.0427. The van der Waals surface area contributed by atoms with Crippen molar-refractivity contribution in [2.45, 2.75) is 44.8 Å². The fourth-order valence-corrected chi connectivity index (χ4v) is 1.30. The van der Waals surface area contributed by atoms with E-state index < -0.39 is 11.7 Å². The molecule has 4 heteroatoms. The van der Waals surface area contributed by atoms with Crippen molar-refractivity contribution in [2.24, 2.45) is 5.92 Å². The van der Waals surface area contributed by atoms with E-state index in [9.17, 15) is 10.2 Å². The first-order valence-electron chi connectivity index (χ1n) is 5.09. The first kappa shape index (κ1) is 13.8. The Morgan fingerprint density at radius 3 is 2.21 bits per heavy atom. The van der Waals surface area contributed by atoms with Gasteiger partial charge in [0.25, 0.3) is 0 Å². The van der Waals surface area contributed by atoms with Crippen LogP contribution in [-0.4, -0.2) is 45.3 Å². The summed E-state index contributed by atoms with van der Waals surface area (Å²) in [5, 5.41) is 36.8. The standard InChI is InChI=1S/C10H22O4/c1-3-8(6-11)9(13)4-5-10(2,14)7-12/h8-9,11-14H,3-7H2,1-2H3. The quantitative estimate of drug-likeness (QED) is 0.468. The third kappa shape index (κ3) is 4.91. The van der Waals surface area contributed by atoms with E-state index in [1.54, 1.807) is 0 Å². The maximum absolute atomic E-state index is 9.62. The van der Waals surface area contributed by atoms with Crippen molar-refractivity contribution in [1.29, 1.82) is 0 Å². The van der Waals surface area contributed by atoms with Gasteiger partial charge in [0, 0.05) is 12.5 Å². The number of aliphatic hydroxyl groups excluding tert-OH is 3. The van der Waals surface area contributed by atoms with Gasteiger partial charge >= 0.3 is 0 Å². The molecule has 0 fully saturated rings. The normalized spacial score (nSPS) is 20.1. The molecule has 0 aromatic carbocycles. The lowest BCUT2D eigenvalue weighted by Gasteiger charge is -2.24. The van der Waals surface area contributed by atoms with Gasteiger partial charge in [0.15, 0.2) is 0 Å². The monoisotopic (exact) mass is 206 g/mol. The Kier molecular flexibility index (Phi) is 6.27. The van der Waals surface area contributed by atoms with Crippen molar-refractivity contribution < 1.29 is 20.4 Å². The van der Waals surface area contributed by atoms with Crippen LogP contribution < -0.4 is 0 Å². The molecular formula is C10H22O4. The SMILES string of the molecule is CCC(CO)C(O)CCC(C)(O)CO. The zero-order valence-corrected chi connectivity index (χ0v) is 8.98. The van der Waals surface area contributed by atoms with Crippen molar-refractivity contribution in [2.75, 3.05) is 13.2 Å². The van der Waals surface area contributed by atoms with Crippen LogP contribution in [0.4, 0.5) is 0 Å². The fourth-order valence-electron chi connectivity index (χ4n) is 1.30. The maximum Gasteiger partial charge on any atom is 0.0850 e. The number of rotatable bonds is 7. The lowest BCUT2D eigenvalue weighted by Crippen LogP contribution is -2.32. The summed E-state index contributed by atoms with van der Waals surface area (Å²) >= 11 is 0. The van der Waals surface area contributed by atoms with Crippen LogP contribution in [0.25, 0.3) is 0 Å². The van der Waals surface area contributed by atoms with Crippen LogP contribution in [-0.2, 0) is 0 Å². The highest BCUT2D eigenvalue weighted by Crippen LogP contribution is 2.18. The molecule has 3 atom stereocenters. The van der Waals surface area contributed by atoms with Gasteiger partial charge in [-0.2, -0.15) is 0 Å². The Morgan fingerprint density at radius 1 is 1.29 bits per heavy atom. The Labute approximate surface area is 85.2 Å². The molecule has 0 aliphatic rings. The Morgan fingerprint density at radius 2 is 1.86 bits per heavy atom. The largest absolute Gasteiger partial charge is 0.396 e. The number of hydrogen-bond acceptors (Lipinski definition) is 4. The third-order valence-electron chi connectivity index (χ3n) is 2.62. The second-order valence-corrected chi connectivity index (χ2v) is 4.11. The van der Waals surface area contributed by atoms with E-state index in [1.165, 1.54) is 6.92 Å². The summed E-state index contributed by atoms with van der Waals surface area (Å²) in [7, 11) is 0. The first-order chi connectivity index (χ1) is 6.46. The van der Waals surface area contributed by atoms with E-state index in [4.69, 9.17) is 10.2 Å². The molecule has 0 aliphatic heterocycles. The highest BCUT2D eigenvalue weighted by Gasteiger charge is 2.23. The molecule has 0 saturated heterocycles. The molecule has 0 radical (unpaired) electrons. The summed E-state index contributed by atoms with van der Waals surface area (Å²) in [5.41, 5.74) is -1.13. The minimum Gasteiger partial charge on any atom is -0.396 e. The topological polar surface area (TPSA) is 80.9 Å². The summed E-state index contributed by atoms with van der Waals surface area (Å²) in [4.78, 5) is 0. The molecule has 86 valence electrons. The molecule has 0 rings (SSSR count). The van der Waals surface area contributed by atoms with Crippen molar-refractivity contribution in [1.82, 2.24) is 0 Å². The summed E-state index contributed by atoms with van der Waals surface area (Å²) in [6.45, 7) is 3.07. The maximum atomic E-state index is 9.62. The van der Waals surface area contributed by atoms with Crippen LogP contribution >= 0.6 is 0 Å². The predicted octanol–water partition coefficient (Wildman–Crippen LogP) is -0.111. The molecular weight excluding hydrogens is 184 g/mol. The van der Waals surface area contributed by atoms with Crippen molar-refractivity contribution in [3.8, 4) is 0 Å². The lowest BCUT2D eigenvalue weighted by atomic mass is 9.92. The molecule has 14 heavy (non-hydrogen) atoms. The molecule has 4 N–H and O–H groups in total. The average Bonchev–Trinajstić information content (AvgIpc) is 2.17. The number of aliphatic hydroxyl groups is 4. The van der Waals surface area contributed by atoms with E-state index >= 15 is 0 Å². The molecule has 0 aliphatic carbocycles. The summed E-state index contributed by atoms with van der Waals surface area (Å²) < 4.78 is 0. The molecule has 0 bridgehead atoms. The Hall–Kier alpha value is -0.160. The van der Waals surface area contributed by atoms with Gasteiger partial charge in [-0.25, -0.2) is 0 Å². The molecule has 0 spiro atoms. The van der Waals surface area contributed by atoms with Gasteiger partial charge in [-0.1, -0.05) is 6.92 Å². The van der Waals surface area contributed by atoms with Crippen LogP contribution in [0.15, 0.2) is 0 Å². The molecule has 3 unspecified atom stereocenters. The Balaban J connectivity index is 3.88. The van der Waals surface area contributed by atoms with Crippen LogP contribution in [0.3, 0.4) is 0 Å². The molecule has 0 saturated carbocycles. The minimum atomic E-state index is -1.13. The van der Waals surface area contributed by atoms with Gasteiger partial charge in [-0.15, -0.1) is 0 Å². The van der Waals surface area contributed by atoms with Crippen LogP contribution in [0, 0.1) is 5.92 Å². The number of hydrogen-bond donors (Lipinski definition) is 4. The highest BCUT2D eigenvalue weighted by atomic mass is 16.3. The summed E-state index contributed by atoms with van der Waals surface area (Å²) in [5.74, 6) is -0.135. The zero-order valence-electron chi connectivity index (χ0n) is 8.98. The van der Waals surface area contributed by atoms with Crippen molar-refractivity contribution in [3.63, 3.8) is 0 Å². The zero-order chi connectivity index (χ0) is 11.2. The van der Waals surface area contributed by atoms with Crippen LogP contribution in [0.5, 0.6) is 0 Å². The van der Waals surface area contributed by atoms with Crippen LogP contribution in [0.2, 0.25) is 0 Å². The van der Waals surface area contributed by atoms with Gasteiger partial charge in [0.2, 0.25) is 0 Å². The van der Waals surface area contributed by atoms with E-state index in [2.05, 4.69) is 0 Å². The fraction of sp³-hybridized carbons (Fsp3) is 1.00. The molecule has 0 heterocycles. The van der Waals surface area contributed by atoms with E-state index in [0.29, 0.717) is 19.3 Å². The van der Waals surface area contributed by atoms with Gasteiger partial charge in [-0.05, 0) is 26.2 Å². The van der Waals surface area contributed by atoms with Gasteiger partial charge in [0.1, 0.15) is 0 Å². The summed E-state index contributed by atoms with van der Waals surface area (Å²) in [6.07, 6.45) is 0.829. The first-order valence-corrected chi connectivity index (χ1v) is 5.09. The van der Waals surface area contributed by atoms with Crippen molar-refractivity contribution in [3.05, 3.63) is 0 Å². The lowest BCUT2D eigenvalue weighted by molar-refractivity contribution is -0.0249. The molecule has 0 amide bonds. The van der Waals surface area contributed by atoms with E-state index in [1.807, 2.05) is 6.92 Å². The van der Waals surface area contributed by atoms with E-state index in [-0.39, 0.29) is 19.1 Å². The third-order valence-corrected chi connectivity index (χ3v) is 2.62. The highest BCUT2D eigenvalue weighted by molar-refractivity contribution is 4.75. The van der Waals surface area contributed by atoms with E-state index in [0.717, 1.165) is 0 Å². The average molecular weight is 206 g/mol. The van der Waals surface area contributed by atoms with Gasteiger partial charge < -0.3 is 20.4 Å². The van der Waals surface area contributed by atoms with Crippen LogP contribution in [0.1, 0.15) is 33.1 Å². The van der Waals surface area contributed by atoms with Crippen molar-refractivity contribution >= 4 is 0 Å². The molecule has 0 aromatic heterocycles. The summed E-state index contributed by atoms with van der Waals surface area (Å²) in [6, 6.07) is 0. The second kappa shape index (κ2) is 6.35. The second-order valence-electron chi connectivity index (χ2n) is 4.11. The predicted molar refractivity (Wildman–Crippen MR) is 53.8 cm³/mol. The Bertz CT molecular complexity index is 143. The smallest absolute Gasteiger partial charge is 0.0850 e. The molecule has 0 aromatic rings. The van der Waals surface area contributed by atoms with Gasteiger partial charge in [-0.3, -0.25) is 0 Å². The van der Waals surface area contributed by atoms with Gasteiger partial charge in [0.05, 0.1) is 18.3 Å². The molecule has 4 nitrogen and oxygen atoms in total.